The highest BCUT2D eigenvalue weighted by molar-refractivity contribution is 5.15. The summed E-state index contributed by atoms with van der Waals surface area (Å²) in [6.07, 6.45) is 13.1. The minimum Gasteiger partial charge on any atom is -0.393 e. The Morgan fingerprint density at radius 2 is 1.75 bits per heavy atom. The average Bonchev–Trinajstić information content (AvgIpc) is 2.80. The number of hydrogen-bond donors (Lipinski definition) is 2. The van der Waals surface area contributed by atoms with Gasteiger partial charge in [0.2, 0.25) is 0 Å². The number of aliphatic hydroxyl groups excluding tert-OH is 1. The van der Waals surface area contributed by atoms with Gasteiger partial charge in [-0.25, -0.2) is 0 Å². The molecule has 0 saturated heterocycles. The van der Waals surface area contributed by atoms with Crippen LogP contribution in [0.2, 0.25) is 0 Å². The Morgan fingerprint density at radius 1 is 1.00 bits per heavy atom. The van der Waals surface area contributed by atoms with Gasteiger partial charge in [-0.3, -0.25) is 0 Å². The van der Waals surface area contributed by atoms with E-state index in [1.807, 2.05) is 6.08 Å². The normalized spacial score (nSPS) is 56.9. The standard InChI is InChI=1S/C22H36O2/c1-4-10-22(24)13-9-19-17-6-5-15-14-16(23)7-11-20(15,2)18(17)8-12-21(19,22)3/h4,15-19,23-24H,1,5-14H2,2-3H3/t15-,16+,17+,18-,19+,20+,21+,22+/m0/s1. The Morgan fingerprint density at radius 3 is 2.50 bits per heavy atom. The first kappa shape index (κ1) is 17.1. The van der Waals surface area contributed by atoms with Crippen molar-refractivity contribution in [3.8, 4) is 0 Å². The van der Waals surface area contributed by atoms with Crippen LogP contribution in [0, 0.1) is 34.5 Å². The lowest BCUT2D eigenvalue weighted by Crippen LogP contribution is -2.56. The van der Waals surface area contributed by atoms with Crippen LogP contribution in [0.4, 0.5) is 0 Å². The van der Waals surface area contributed by atoms with Gasteiger partial charge < -0.3 is 10.2 Å². The monoisotopic (exact) mass is 332 g/mol. The molecule has 0 bridgehead atoms. The fourth-order valence-corrected chi connectivity index (χ4v) is 7.92. The SMILES string of the molecule is C=CC[C@@]1(O)CC[C@@H]2[C@@H]3CC[C@H]4C[C@H](O)CC[C@@]4(C)[C@H]3CC[C@]21C. The van der Waals surface area contributed by atoms with E-state index in [4.69, 9.17) is 0 Å². The van der Waals surface area contributed by atoms with Gasteiger partial charge >= 0.3 is 0 Å². The highest BCUT2D eigenvalue weighted by atomic mass is 16.3. The summed E-state index contributed by atoms with van der Waals surface area (Å²) >= 11 is 0. The lowest BCUT2D eigenvalue weighted by molar-refractivity contribution is -0.157. The smallest absolute Gasteiger partial charge is 0.0738 e. The third-order valence-corrected chi connectivity index (χ3v) is 9.44. The van der Waals surface area contributed by atoms with Crippen LogP contribution in [0.1, 0.15) is 78.1 Å². The first-order chi connectivity index (χ1) is 11.3. The molecule has 0 aromatic carbocycles. The maximum Gasteiger partial charge on any atom is 0.0738 e. The minimum atomic E-state index is -0.523. The fraction of sp³-hybridized carbons (Fsp3) is 0.909. The van der Waals surface area contributed by atoms with Crippen molar-refractivity contribution in [3.63, 3.8) is 0 Å². The fourth-order valence-electron chi connectivity index (χ4n) is 7.92. The Hall–Kier alpha value is -0.340. The molecule has 24 heavy (non-hydrogen) atoms. The number of hydrogen-bond acceptors (Lipinski definition) is 2. The molecule has 4 saturated carbocycles. The summed E-state index contributed by atoms with van der Waals surface area (Å²) < 4.78 is 0. The van der Waals surface area contributed by atoms with Crippen molar-refractivity contribution in [1.29, 1.82) is 0 Å². The zero-order valence-corrected chi connectivity index (χ0v) is 15.6. The summed E-state index contributed by atoms with van der Waals surface area (Å²) in [4.78, 5) is 0. The molecule has 0 heterocycles. The molecular formula is C22H36O2. The molecule has 0 aromatic rings. The van der Waals surface area contributed by atoms with Gasteiger partial charge in [0.15, 0.2) is 0 Å². The maximum absolute atomic E-state index is 11.4. The summed E-state index contributed by atoms with van der Waals surface area (Å²) in [5, 5.41) is 21.5. The molecule has 0 unspecified atom stereocenters. The molecular weight excluding hydrogens is 296 g/mol. The Balaban J connectivity index is 1.62. The summed E-state index contributed by atoms with van der Waals surface area (Å²) in [6.45, 7) is 8.82. The van der Waals surface area contributed by atoms with Crippen molar-refractivity contribution in [2.75, 3.05) is 0 Å². The molecule has 4 fully saturated rings. The molecule has 2 heteroatoms. The van der Waals surface area contributed by atoms with Crippen molar-refractivity contribution < 1.29 is 10.2 Å². The van der Waals surface area contributed by atoms with Crippen molar-refractivity contribution in [1.82, 2.24) is 0 Å². The van der Waals surface area contributed by atoms with Crippen LogP contribution in [0.5, 0.6) is 0 Å². The van der Waals surface area contributed by atoms with Gasteiger partial charge in [0, 0.05) is 0 Å². The molecule has 2 N–H and O–H groups in total. The molecule has 0 amide bonds. The first-order valence-electron chi connectivity index (χ1n) is 10.4. The highest BCUT2D eigenvalue weighted by Crippen LogP contribution is 2.68. The van der Waals surface area contributed by atoms with Crippen LogP contribution in [0.25, 0.3) is 0 Å². The molecule has 8 atom stereocenters. The molecule has 2 nitrogen and oxygen atoms in total. The van der Waals surface area contributed by atoms with E-state index in [-0.39, 0.29) is 11.5 Å². The number of aliphatic hydroxyl groups is 2. The Bertz CT molecular complexity index is 516. The van der Waals surface area contributed by atoms with Crippen molar-refractivity contribution in [2.24, 2.45) is 34.5 Å². The number of fused-ring (bicyclic) bond motifs is 5. The second-order valence-corrected chi connectivity index (χ2v) is 10.1. The topological polar surface area (TPSA) is 40.5 Å². The first-order valence-corrected chi connectivity index (χ1v) is 10.4. The average molecular weight is 333 g/mol. The summed E-state index contributed by atoms with van der Waals surface area (Å²) in [5.74, 6) is 3.01. The van der Waals surface area contributed by atoms with Crippen molar-refractivity contribution >= 4 is 0 Å². The molecule has 0 spiro atoms. The van der Waals surface area contributed by atoms with Crippen LogP contribution in [0.15, 0.2) is 12.7 Å². The predicted molar refractivity (Wildman–Crippen MR) is 97.5 cm³/mol. The van der Waals surface area contributed by atoms with Crippen LogP contribution in [0.3, 0.4) is 0 Å². The lowest BCUT2D eigenvalue weighted by Gasteiger charge is -2.61. The van der Waals surface area contributed by atoms with E-state index in [0.717, 1.165) is 43.4 Å². The molecule has 0 aliphatic heterocycles. The lowest BCUT2D eigenvalue weighted by atomic mass is 9.44. The van der Waals surface area contributed by atoms with Gasteiger partial charge in [0.05, 0.1) is 11.7 Å². The third kappa shape index (κ3) is 2.14. The van der Waals surface area contributed by atoms with Crippen LogP contribution < -0.4 is 0 Å². The van der Waals surface area contributed by atoms with Gasteiger partial charge in [0.1, 0.15) is 0 Å². The summed E-state index contributed by atoms with van der Waals surface area (Å²) in [6, 6.07) is 0. The zero-order chi connectivity index (χ0) is 17.2. The Labute approximate surface area is 147 Å². The van der Waals surface area contributed by atoms with Gasteiger partial charge in [-0.15, -0.1) is 6.58 Å². The van der Waals surface area contributed by atoms with E-state index in [2.05, 4.69) is 20.4 Å². The van der Waals surface area contributed by atoms with Gasteiger partial charge in [-0.05, 0) is 98.7 Å². The highest BCUT2D eigenvalue weighted by Gasteiger charge is 2.64. The van der Waals surface area contributed by atoms with Gasteiger partial charge in [-0.1, -0.05) is 19.9 Å². The summed E-state index contributed by atoms with van der Waals surface area (Å²) in [7, 11) is 0. The zero-order valence-electron chi connectivity index (χ0n) is 15.6. The molecule has 4 rings (SSSR count). The minimum absolute atomic E-state index is 0.0577. The van der Waals surface area contributed by atoms with Crippen LogP contribution >= 0.6 is 0 Å². The molecule has 0 radical (unpaired) electrons. The van der Waals surface area contributed by atoms with Crippen molar-refractivity contribution in [3.05, 3.63) is 12.7 Å². The number of rotatable bonds is 2. The summed E-state index contributed by atoms with van der Waals surface area (Å²) in [5.41, 5.74) is -0.00669. The van der Waals surface area contributed by atoms with Gasteiger partial charge in [0.25, 0.3) is 0 Å². The van der Waals surface area contributed by atoms with E-state index >= 15 is 0 Å². The van der Waals surface area contributed by atoms with Gasteiger partial charge in [-0.2, -0.15) is 0 Å². The maximum atomic E-state index is 11.4. The predicted octanol–water partition coefficient (Wildman–Crippen LogP) is 4.70. The quantitative estimate of drug-likeness (QED) is 0.720. The van der Waals surface area contributed by atoms with E-state index in [1.165, 1.54) is 38.5 Å². The van der Waals surface area contributed by atoms with Crippen LogP contribution in [-0.4, -0.2) is 21.9 Å². The molecule has 0 aromatic heterocycles. The second-order valence-electron chi connectivity index (χ2n) is 10.1. The third-order valence-electron chi connectivity index (χ3n) is 9.44. The largest absolute Gasteiger partial charge is 0.393 e. The molecule has 4 aliphatic carbocycles. The van der Waals surface area contributed by atoms with E-state index in [0.29, 0.717) is 11.3 Å². The van der Waals surface area contributed by atoms with Crippen molar-refractivity contribution in [2.45, 2.75) is 89.8 Å². The molecule has 4 aliphatic rings. The van der Waals surface area contributed by atoms with Crippen LogP contribution in [-0.2, 0) is 0 Å². The molecule has 136 valence electrons. The van der Waals surface area contributed by atoms with E-state index in [9.17, 15) is 10.2 Å². The Kier molecular flexibility index (Phi) is 3.97. The second kappa shape index (κ2) is 5.58. The van der Waals surface area contributed by atoms with E-state index in [1.54, 1.807) is 0 Å². The van der Waals surface area contributed by atoms with E-state index < -0.39 is 5.60 Å².